The lowest BCUT2D eigenvalue weighted by Gasteiger charge is -2.28. The molecule has 2 unspecified atom stereocenters. The molecule has 686 valence electrons. The fourth-order valence-corrected chi connectivity index (χ4v) is 10.8. The van der Waals surface area contributed by atoms with Gasteiger partial charge in [0.25, 0.3) is 0 Å². The Morgan fingerprint density at radius 2 is 0.430 bits per heavy atom. The van der Waals surface area contributed by atoms with E-state index in [1.165, 1.54) is 0 Å². The second kappa shape index (κ2) is 96.9. The molecule has 0 heterocycles. The Bertz CT molecular complexity index is 1800. The summed E-state index contributed by atoms with van der Waals surface area (Å²) in [6, 6.07) is 0. The summed E-state index contributed by atoms with van der Waals surface area (Å²) < 4.78 is 99.3. The first-order chi connectivity index (χ1) is 56.3. The van der Waals surface area contributed by atoms with Crippen LogP contribution in [0.15, 0.2) is 0 Å². The van der Waals surface area contributed by atoms with Crippen molar-refractivity contribution in [3.63, 3.8) is 0 Å². The topological polar surface area (TPSA) is 415 Å². The Morgan fingerprint density at radius 3 is 0.746 bits per heavy atom. The van der Waals surface area contributed by atoms with Crippen LogP contribution in [0.25, 0.3) is 0 Å². The van der Waals surface area contributed by atoms with Crippen LogP contribution in [-0.4, -0.2) is 551 Å². The van der Waals surface area contributed by atoms with Crippen molar-refractivity contribution in [1.29, 1.82) is 0 Å². The number of nitrogens with zero attached hydrogens (tertiary/aromatic N) is 6. The molecule has 0 radical (unpaired) electrons. The van der Waals surface area contributed by atoms with Crippen molar-refractivity contribution in [3.05, 3.63) is 0 Å². The van der Waals surface area contributed by atoms with E-state index in [9.17, 15) is 15.3 Å². The molecule has 0 aromatic heterocycles. The lowest BCUT2D eigenvalue weighted by molar-refractivity contribution is -0.0238. The van der Waals surface area contributed by atoms with Gasteiger partial charge in [-0.2, -0.15) is 0 Å². The molecule has 0 amide bonds. The maximum atomic E-state index is 10.7. The number of hydrogen-bond donors (Lipinski definition) is 14. The second-order valence-electron chi connectivity index (χ2n) is 26.8. The zero-order chi connectivity index (χ0) is 82.5. The first-order valence-corrected chi connectivity index (χ1v) is 42.3. The minimum Gasteiger partial charge on any atom is -0.394 e. The van der Waals surface area contributed by atoms with Crippen LogP contribution < -0.4 is 54.0 Å². The summed E-state index contributed by atoms with van der Waals surface area (Å²) in [5.74, 6) is 0. The fraction of sp³-hybridized carbons (Fsp3) is 1.00. The minimum absolute atomic E-state index is 0.00289. The third-order valence-electron chi connectivity index (χ3n) is 17.4. The molecule has 0 saturated carbocycles. The van der Waals surface area contributed by atoms with Crippen LogP contribution >= 0.6 is 0 Å². The molecule has 0 spiro atoms. The van der Waals surface area contributed by atoms with E-state index in [-0.39, 0.29) is 26.4 Å². The normalized spacial score (nSPS) is 12.7. The van der Waals surface area contributed by atoms with Crippen molar-refractivity contribution in [3.8, 4) is 0 Å². The van der Waals surface area contributed by atoms with Gasteiger partial charge in [0.05, 0.1) is 237 Å². The van der Waals surface area contributed by atoms with Gasteiger partial charge in [-0.05, 0) is 0 Å². The summed E-state index contributed by atoms with van der Waals surface area (Å²) in [6.45, 7) is 44.0. The Balaban J connectivity index is 4.64. The summed E-state index contributed by atoms with van der Waals surface area (Å²) in [5, 5.41) is 67.7. The zero-order valence-electron chi connectivity index (χ0n) is 71.6. The number of methoxy groups -OCH3 is 4. The quantitative estimate of drug-likeness (QED) is 0.0252. The molecule has 0 aliphatic carbocycles. The first kappa shape index (κ1) is 112. The predicted molar refractivity (Wildman–Crippen MR) is 445 cm³/mol. The summed E-state index contributed by atoms with van der Waals surface area (Å²) in [4.78, 5) is 14.5. The van der Waals surface area contributed by atoms with Crippen molar-refractivity contribution >= 4 is 0 Å². The SMILES string of the molecule is COCCOCCOCCOCCNCCN(CCNCCN(CCOCCO)CCOCCOC)CCN(CCN)CCNCCNCC(O)COCCOCCOCCOCC(O)CNCCN(CCNCCN)CCNCCN(CCNCCOCCOCCOCCOC)CCN(CCOCCO)CCOCCOC. The monoisotopic (exact) mass is 1660 g/mol. The molecule has 0 aliphatic rings. The number of aliphatic hydroxyl groups is 4. The highest BCUT2D eigenvalue weighted by Crippen LogP contribution is 1.99. The van der Waals surface area contributed by atoms with E-state index in [0.29, 0.717) is 231 Å². The average Bonchev–Trinajstić information content (AvgIpc) is 0.966. The summed E-state index contributed by atoms with van der Waals surface area (Å²) in [6.07, 6.45) is -1.29. The van der Waals surface area contributed by atoms with E-state index in [4.69, 9.17) is 102 Å². The highest BCUT2D eigenvalue weighted by Gasteiger charge is 2.15. The standard InChI is InChI=1S/C76H170N16O22/c1-97-49-53-105-45-36-91(35-43-103-47-39-93)29-15-82-14-25-89(27-16-83-19-41-101-57-59-109-63-61-107-55-51-99-3)32-31-87(21-6-78)22-11-80-8-9-85-71-75(95)73-113-69-67-111-65-66-112-68-70-114-74-76(96)72-86-18-30-88(23-10-79-7-5-77)24-12-81-13-26-90(28-17-84-20-42-102-58-60-110-64-62-108-56-52-100-4)33-34-92(37-44-104-48-40-94)38-46-106-54-50-98-2/h75-76,79-86,93-96H,5-74,77-78H2,1-4H3. The number of aliphatic hydroxyl groups excluding tert-OH is 4. The summed E-state index contributed by atoms with van der Waals surface area (Å²) in [5.41, 5.74) is 11.9. The molecular weight excluding hydrogens is 1490 g/mol. The molecule has 0 aromatic carbocycles. The van der Waals surface area contributed by atoms with E-state index < -0.39 is 12.2 Å². The van der Waals surface area contributed by atoms with Crippen LogP contribution in [0.2, 0.25) is 0 Å². The Kier molecular flexibility index (Phi) is 95.6. The van der Waals surface area contributed by atoms with E-state index in [1.54, 1.807) is 28.4 Å². The molecule has 16 N–H and O–H groups in total. The number of hydrogen-bond acceptors (Lipinski definition) is 38. The Labute approximate surface area is 687 Å². The molecule has 38 nitrogen and oxygen atoms in total. The number of rotatable bonds is 103. The van der Waals surface area contributed by atoms with E-state index >= 15 is 0 Å². The van der Waals surface area contributed by atoms with Gasteiger partial charge >= 0.3 is 0 Å². The highest BCUT2D eigenvalue weighted by atomic mass is 16.6. The van der Waals surface area contributed by atoms with Gasteiger partial charge in [0.15, 0.2) is 0 Å². The molecule has 0 rings (SSSR count). The largest absolute Gasteiger partial charge is 0.394 e. The Morgan fingerprint density at radius 1 is 0.211 bits per heavy atom. The van der Waals surface area contributed by atoms with Crippen LogP contribution in [0.4, 0.5) is 0 Å². The van der Waals surface area contributed by atoms with Gasteiger partial charge in [0.1, 0.15) is 0 Å². The molecular formula is C76H170N16O22. The van der Waals surface area contributed by atoms with Crippen molar-refractivity contribution < 1.29 is 106 Å². The molecule has 0 aliphatic heterocycles. The number of nitrogens with two attached hydrogens (primary N) is 2. The third-order valence-corrected chi connectivity index (χ3v) is 17.4. The number of nitrogens with one attached hydrogen (secondary N) is 8. The van der Waals surface area contributed by atoms with Crippen molar-refractivity contribution in [2.24, 2.45) is 11.5 Å². The lowest BCUT2D eigenvalue weighted by Crippen LogP contribution is -2.45. The number of ether oxygens (including phenoxy) is 18. The highest BCUT2D eigenvalue weighted by molar-refractivity contribution is 4.73. The van der Waals surface area contributed by atoms with Gasteiger partial charge in [0.2, 0.25) is 0 Å². The molecule has 0 bridgehead atoms. The first-order valence-electron chi connectivity index (χ1n) is 42.3. The van der Waals surface area contributed by atoms with Crippen molar-refractivity contribution in [2.75, 3.05) is 489 Å². The molecule has 2 atom stereocenters. The predicted octanol–water partition coefficient (Wildman–Crippen LogP) is -7.04. The molecule has 0 saturated heterocycles. The van der Waals surface area contributed by atoms with Crippen LogP contribution in [0.5, 0.6) is 0 Å². The molecule has 0 fully saturated rings. The van der Waals surface area contributed by atoms with E-state index in [2.05, 4.69) is 71.9 Å². The third kappa shape index (κ3) is 86.8. The van der Waals surface area contributed by atoms with E-state index in [0.717, 1.165) is 203 Å². The van der Waals surface area contributed by atoms with Gasteiger partial charge in [-0.25, -0.2) is 0 Å². The maximum absolute atomic E-state index is 10.7. The molecule has 38 heteroatoms. The van der Waals surface area contributed by atoms with Crippen molar-refractivity contribution in [2.45, 2.75) is 12.2 Å². The second-order valence-corrected chi connectivity index (χ2v) is 26.8. The Hall–Kier alpha value is -1.52. The fourth-order valence-electron chi connectivity index (χ4n) is 10.8. The van der Waals surface area contributed by atoms with Gasteiger partial charge in [-0.1, -0.05) is 0 Å². The van der Waals surface area contributed by atoms with Crippen LogP contribution in [0.3, 0.4) is 0 Å². The minimum atomic E-state index is -0.654. The van der Waals surface area contributed by atoms with Crippen LogP contribution in [0.1, 0.15) is 0 Å². The van der Waals surface area contributed by atoms with Gasteiger partial charge in [-0.15, -0.1) is 0 Å². The van der Waals surface area contributed by atoms with Crippen LogP contribution in [0, 0.1) is 0 Å². The van der Waals surface area contributed by atoms with E-state index in [1.807, 2.05) is 0 Å². The lowest BCUT2D eigenvalue weighted by atomic mass is 10.3. The molecule has 0 aromatic rings. The maximum Gasteiger partial charge on any atom is 0.0897 e. The van der Waals surface area contributed by atoms with Gasteiger partial charge < -0.3 is 160 Å². The molecule has 114 heavy (non-hydrogen) atoms. The summed E-state index contributed by atoms with van der Waals surface area (Å²) >= 11 is 0. The average molecular weight is 1660 g/mol. The van der Waals surface area contributed by atoms with Crippen molar-refractivity contribution in [1.82, 2.24) is 71.9 Å². The zero-order valence-corrected chi connectivity index (χ0v) is 71.6. The summed E-state index contributed by atoms with van der Waals surface area (Å²) in [7, 11) is 6.65. The van der Waals surface area contributed by atoms with Crippen LogP contribution in [-0.2, 0) is 85.3 Å². The van der Waals surface area contributed by atoms with Gasteiger partial charge in [0, 0.05) is 264 Å². The smallest absolute Gasteiger partial charge is 0.0897 e. The van der Waals surface area contributed by atoms with Gasteiger partial charge in [-0.3, -0.25) is 29.4 Å².